The Bertz CT molecular complexity index is 831. The van der Waals surface area contributed by atoms with Gasteiger partial charge in [-0.2, -0.15) is 0 Å². The van der Waals surface area contributed by atoms with Gasteiger partial charge in [0.05, 0.1) is 17.3 Å². The Morgan fingerprint density at radius 3 is 2.36 bits per heavy atom. The van der Waals surface area contributed by atoms with E-state index < -0.39 is 6.04 Å². The molecule has 1 heterocycles. The van der Waals surface area contributed by atoms with E-state index in [9.17, 15) is 14.0 Å². The van der Waals surface area contributed by atoms with Gasteiger partial charge in [0.25, 0.3) is 5.91 Å². The van der Waals surface area contributed by atoms with Crippen molar-refractivity contribution >= 4 is 11.8 Å². The van der Waals surface area contributed by atoms with Crippen LogP contribution in [0, 0.1) is 5.82 Å². The predicted molar refractivity (Wildman–Crippen MR) is 105 cm³/mol. The van der Waals surface area contributed by atoms with Crippen LogP contribution in [0.15, 0.2) is 42.6 Å². The zero-order valence-electron chi connectivity index (χ0n) is 15.8. The zero-order chi connectivity index (χ0) is 20.1. The lowest BCUT2D eigenvalue weighted by atomic mass is 9.91. The number of hydrogen-bond donors (Lipinski definition) is 3. The highest BCUT2D eigenvalue weighted by Gasteiger charge is 2.24. The van der Waals surface area contributed by atoms with E-state index in [1.807, 2.05) is 0 Å². The second kappa shape index (κ2) is 8.93. The van der Waals surface area contributed by atoms with E-state index in [2.05, 4.69) is 15.6 Å². The number of nitrogens with two attached hydrogens (primary N) is 1. The number of hydrogen-bond acceptors (Lipinski definition) is 4. The molecular weight excluding hydrogens is 359 g/mol. The van der Waals surface area contributed by atoms with Gasteiger partial charge in [0.2, 0.25) is 5.91 Å². The van der Waals surface area contributed by atoms with Crippen molar-refractivity contribution in [2.45, 2.75) is 50.7 Å². The van der Waals surface area contributed by atoms with Crippen LogP contribution >= 0.6 is 0 Å². The van der Waals surface area contributed by atoms with Crippen molar-refractivity contribution in [1.82, 2.24) is 15.6 Å². The number of halogens is 1. The first-order chi connectivity index (χ1) is 13.4. The maximum atomic E-state index is 13.3. The second-order valence-corrected chi connectivity index (χ2v) is 7.26. The number of benzene rings is 1. The molecule has 1 aromatic heterocycles. The quantitative estimate of drug-likeness (QED) is 0.737. The standard InChI is InChI=1S/C21H25FN4O2/c1-13(23)20(27)25-17-6-8-18(9-7-17)26-21(28)15-5-10-19(24-12-15)14-3-2-4-16(22)11-14/h2-5,10-13,17-18H,6-9,23H2,1H3,(H,25,27)(H,26,28)/t13-,17-,18-/m0/s1. The van der Waals surface area contributed by atoms with Crippen LogP contribution in [0.3, 0.4) is 0 Å². The molecule has 1 fully saturated rings. The minimum Gasteiger partial charge on any atom is -0.352 e. The molecule has 0 unspecified atom stereocenters. The van der Waals surface area contributed by atoms with E-state index in [1.54, 1.807) is 31.2 Å². The Kier molecular flexibility index (Phi) is 6.36. The fraction of sp³-hybridized carbons (Fsp3) is 0.381. The molecule has 1 aliphatic rings. The average molecular weight is 384 g/mol. The Labute approximate surface area is 163 Å². The molecule has 0 bridgehead atoms. The molecule has 7 heteroatoms. The first kappa shape index (κ1) is 19.9. The van der Waals surface area contributed by atoms with Crippen molar-refractivity contribution in [2.75, 3.05) is 0 Å². The van der Waals surface area contributed by atoms with E-state index >= 15 is 0 Å². The van der Waals surface area contributed by atoms with E-state index in [4.69, 9.17) is 5.73 Å². The summed E-state index contributed by atoms with van der Waals surface area (Å²) in [5, 5.41) is 5.96. The SMILES string of the molecule is C[C@H](N)C(=O)N[C@H]1CC[C@H](NC(=O)c2ccc(-c3cccc(F)c3)nc2)CC1. The van der Waals surface area contributed by atoms with Crippen LogP contribution in [-0.2, 0) is 4.79 Å². The highest BCUT2D eigenvalue weighted by Crippen LogP contribution is 2.20. The van der Waals surface area contributed by atoms with Crippen LogP contribution in [0.25, 0.3) is 11.3 Å². The van der Waals surface area contributed by atoms with E-state index in [0.717, 1.165) is 25.7 Å². The van der Waals surface area contributed by atoms with Gasteiger partial charge in [0, 0.05) is 23.8 Å². The van der Waals surface area contributed by atoms with Gasteiger partial charge < -0.3 is 16.4 Å². The van der Waals surface area contributed by atoms with Crippen LogP contribution in [0.1, 0.15) is 43.0 Å². The number of amides is 2. The van der Waals surface area contributed by atoms with Crippen molar-refractivity contribution in [3.8, 4) is 11.3 Å². The first-order valence-corrected chi connectivity index (χ1v) is 9.51. The maximum Gasteiger partial charge on any atom is 0.253 e. The van der Waals surface area contributed by atoms with Gasteiger partial charge >= 0.3 is 0 Å². The molecular formula is C21H25FN4O2. The van der Waals surface area contributed by atoms with Gasteiger partial charge in [-0.05, 0) is 56.9 Å². The smallest absolute Gasteiger partial charge is 0.253 e. The minimum absolute atomic E-state index is 0.0684. The molecule has 28 heavy (non-hydrogen) atoms. The number of rotatable bonds is 5. The fourth-order valence-corrected chi connectivity index (χ4v) is 3.33. The Morgan fingerprint density at radius 2 is 1.79 bits per heavy atom. The fourth-order valence-electron chi connectivity index (χ4n) is 3.33. The highest BCUT2D eigenvalue weighted by atomic mass is 19.1. The number of carbonyl (C=O) groups excluding carboxylic acids is 2. The van der Waals surface area contributed by atoms with Gasteiger partial charge in [0.1, 0.15) is 5.82 Å². The molecule has 3 rings (SSSR count). The summed E-state index contributed by atoms with van der Waals surface area (Å²) in [7, 11) is 0. The van der Waals surface area contributed by atoms with Gasteiger partial charge in [-0.1, -0.05) is 12.1 Å². The monoisotopic (exact) mass is 384 g/mol. The summed E-state index contributed by atoms with van der Waals surface area (Å²) >= 11 is 0. The number of nitrogens with zero attached hydrogens (tertiary/aromatic N) is 1. The van der Waals surface area contributed by atoms with Crippen molar-refractivity contribution < 1.29 is 14.0 Å². The Hall–Kier alpha value is -2.80. The molecule has 1 aromatic carbocycles. The molecule has 6 nitrogen and oxygen atoms in total. The molecule has 148 valence electrons. The van der Waals surface area contributed by atoms with Gasteiger partial charge in [-0.15, -0.1) is 0 Å². The summed E-state index contributed by atoms with van der Waals surface area (Å²) in [6.07, 6.45) is 4.71. The summed E-state index contributed by atoms with van der Waals surface area (Å²) in [6.45, 7) is 1.66. The number of aromatic nitrogens is 1. The third kappa shape index (κ3) is 5.13. The molecule has 0 saturated heterocycles. The van der Waals surface area contributed by atoms with E-state index in [1.165, 1.54) is 18.3 Å². The van der Waals surface area contributed by atoms with Gasteiger partial charge in [0.15, 0.2) is 0 Å². The first-order valence-electron chi connectivity index (χ1n) is 9.51. The Balaban J connectivity index is 1.52. The van der Waals surface area contributed by atoms with Crippen molar-refractivity contribution in [1.29, 1.82) is 0 Å². The molecule has 1 atom stereocenters. The van der Waals surface area contributed by atoms with Crippen molar-refractivity contribution in [3.63, 3.8) is 0 Å². The molecule has 4 N–H and O–H groups in total. The molecule has 2 amide bonds. The van der Waals surface area contributed by atoms with Crippen LogP contribution in [0.5, 0.6) is 0 Å². The molecule has 1 saturated carbocycles. The minimum atomic E-state index is -0.514. The number of carbonyl (C=O) groups is 2. The van der Waals surface area contributed by atoms with Gasteiger partial charge in [-0.25, -0.2) is 4.39 Å². The number of nitrogens with one attached hydrogen (secondary N) is 2. The third-order valence-electron chi connectivity index (χ3n) is 4.97. The largest absolute Gasteiger partial charge is 0.352 e. The van der Waals surface area contributed by atoms with E-state index in [0.29, 0.717) is 16.8 Å². The van der Waals surface area contributed by atoms with E-state index in [-0.39, 0.29) is 29.7 Å². The topological polar surface area (TPSA) is 97.1 Å². The lowest BCUT2D eigenvalue weighted by Gasteiger charge is -2.30. The van der Waals surface area contributed by atoms with Crippen LogP contribution < -0.4 is 16.4 Å². The zero-order valence-corrected chi connectivity index (χ0v) is 15.8. The normalized spacial score (nSPS) is 20.2. The average Bonchev–Trinajstić information content (AvgIpc) is 2.69. The van der Waals surface area contributed by atoms with Crippen molar-refractivity contribution in [2.24, 2.45) is 5.73 Å². The Morgan fingerprint density at radius 1 is 1.11 bits per heavy atom. The van der Waals surface area contributed by atoms with Crippen molar-refractivity contribution in [3.05, 3.63) is 54.0 Å². The number of pyridine rings is 1. The second-order valence-electron chi connectivity index (χ2n) is 7.26. The predicted octanol–water partition coefficient (Wildman–Crippen LogP) is 2.39. The molecule has 0 spiro atoms. The summed E-state index contributed by atoms with van der Waals surface area (Å²) < 4.78 is 13.3. The highest BCUT2D eigenvalue weighted by molar-refractivity contribution is 5.94. The lowest BCUT2D eigenvalue weighted by molar-refractivity contribution is -0.122. The third-order valence-corrected chi connectivity index (χ3v) is 4.97. The van der Waals surface area contributed by atoms with Crippen LogP contribution in [0.4, 0.5) is 4.39 Å². The lowest BCUT2D eigenvalue weighted by Crippen LogP contribution is -2.47. The molecule has 0 radical (unpaired) electrons. The maximum absolute atomic E-state index is 13.3. The molecule has 0 aliphatic heterocycles. The molecule has 1 aliphatic carbocycles. The summed E-state index contributed by atoms with van der Waals surface area (Å²) in [4.78, 5) is 28.4. The summed E-state index contributed by atoms with van der Waals surface area (Å²) in [5.41, 5.74) is 7.32. The van der Waals surface area contributed by atoms with Crippen LogP contribution in [-0.4, -0.2) is 34.9 Å². The summed E-state index contributed by atoms with van der Waals surface area (Å²) in [5.74, 6) is -0.646. The van der Waals surface area contributed by atoms with Crippen LogP contribution in [0.2, 0.25) is 0 Å². The van der Waals surface area contributed by atoms with Gasteiger partial charge in [-0.3, -0.25) is 14.6 Å². The summed E-state index contributed by atoms with van der Waals surface area (Å²) in [6, 6.07) is 9.25. The molecule has 2 aromatic rings.